The number of benzene rings is 1. The molecular weight excluding hydrogens is 492 g/mol. The topological polar surface area (TPSA) is 86.2 Å². The van der Waals surface area contributed by atoms with E-state index in [2.05, 4.69) is 29.6 Å². The van der Waals surface area contributed by atoms with Crippen LogP contribution < -0.4 is 5.32 Å². The second-order valence-corrected chi connectivity index (χ2v) is 12.0. The molecule has 39 heavy (non-hydrogen) atoms. The molecule has 7 nitrogen and oxygen atoms in total. The number of carbonyl (C=O) groups is 2. The van der Waals surface area contributed by atoms with Crippen molar-refractivity contribution in [2.45, 2.75) is 108 Å². The van der Waals surface area contributed by atoms with E-state index in [0.29, 0.717) is 18.9 Å². The van der Waals surface area contributed by atoms with E-state index in [1.54, 1.807) is 0 Å². The zero-order valence-electron chi connectivity index (χ0n) is 23.6. The van der Waals surface area contributed by atoms with Gasteiger partial charge < -0.3 is 19.5 Å². The largest absolute Gasteiger partial charge is 0.478 e. The highest BCUT2D eigenvalue weighted by molar-refractivity contribution is 5.90. The first-order chi connectivity index (χ1) is 19.1. The average Bonchev–Trinajstić information content (AvgIpc) is 3.71. The van der Waals surface area contributed by atoms with Gasteiger partial charge in [0.2, 0.25) is 5.91 Å². The van der Waals surface area contributed by atoms with E-state index in [-0.39, 0.29) is 35.9 Å². The highest BCUT2D eigenvalue weighted by atomic mass is 16.5. The first-order valence-corrected chi connectivity index (χ1v) is 15.4. The van der Waals surface area contributed by atoms with Gasteiger partial charge in [-0.15, -0.1) is 0 Å². The number of amides is 1. The van der Waals surface area contributed by atoms with Gasteiger partial charge in [-0.2, -0.15) is 0 Å². The Kier molecular flexibility index (Phi) is 9.94. The Bertz CT molecular complexity index is 1000. The van der Waals surface area contributed by atoms with E-state index in [0.717, 1.165) is 51.0 Å². The lowest BCUT2D eigenvalue weighted by molar-refractivity contribution is -0.140. The second-order valence-electron chi connectivity index (χ2n) is 12.0. The summed E-state index contributed by atoms with van der Waals surface area (Å²) >= 11 is 0. The monoisotopic (exact) mass is 538 g/mol. The molecule has 2 saturated heterocycles. The van der Waals surface area contributed by atoms with Crippen LogP contribution in [0.15, 0.2) is 29.3 Å². The lowest BCUT2D eigenvalue weighted by atomic mass is 9.75. The van der Waals surface area contributed by atoms with Crippen LogP contribution in [0.4, 0.5) is 0 Å². The van der Waals surface area contributed by atoms with Crippen molar-refractivity contribution in [3.8, 4) is 0 Å². The van der Waals surface area contributed by atoms with Gasteiger partial charge in [0, 0.05) is 18.9 Å². The average molecular weight is 539 g/mol. The van der Waals surface area contributed by atoms with Crippen molar-refractivity contribution in [2.75, 3.05) is 20.3 Å². The summed E-state index contributed by atoms with van der Waals surface area (Å²) in [5, 5.41) is 3.11. The second kappa shape index (κ2) is 13.8. The number of carbonyl (C=O) groups excluding carboxylic acids is 2. The van der Waals surface area contributed by atoms with E-state index in [4.69, 9.17) is 19.2 Å². The van der Waals surface area contributed by atoms with Crippen LogP contribution in [-0.4, -0.2) is 56.3 Å². The van der Waals surface area contributed by atoms with Gasteiger partial charge in [-0.25, -0.2) is 4.99 Å². The number of ether oxygens (including phenoxy) is 3. The Morgan fingerprint density at radius 3 is 2.62 bits per heavy atom. The molecule has 3 heterocycles. The van der Waals surface area contributed by atoms with Crippen LogP contribution in [-0.2, 0) is 36.6 Å². The number of nitrogens with zero attached hydrogens (tertiary/aromatic N) is 1. The number of hydrogen-bond donors (Lipinski definition) is 1. The highest BCUT2D eigenvalue weighted by Crippen LogP contribution is 2.46. The molecule has 5 atom stereocenters. The van der Waals surface area contributed by atoms with Gasteiger partial charge in [-0.05, 0) is 55.6 Å². The Morgan fingerprint density at radius 1 is 1.00 bits per heavy atom. The molecule has 3 fully saturated rings. The summed E-state index contributed by atoms with van der Waals surface area (Å²) in [6.45, 7) is 1.05. The van der Waals surface area contributed by atoms with E-state index < -0.39 is 6.04 Å². The van der Waals surface area contributed by atoms with Crippen LogP contribution in [0.25, 0.3) is 0 Å². The molecule has 0 spiro atoms. The summed E-state index contributed by atoms with van der Waals surface area (Å²) in [6, 6.07) is 8.05. The number of aliphatic imine (C=N–C) groups is 1. The lowest BCUT2D eigenvalue weighted by Gasteiger charge is -2.28. The summed E-state index contributed by atoms with van der Waals surface area (Å²) in [6.07, 6.45) is 15.8. The molecule has 0 radical (unpaired) electrons. The molecule has 2 bridgehead atoms. The Hall–Kier alpha value is -2.41. The lowest BCUT2D eigenvalue weighted by Crippen LogP contribution is -2.35. The molecule has 1 unspecified atom stereocenters. The van der Waals surface area contributed by atoms with E-state index in [9.17, 15) is 9.59 Å². The van der Waals surface area contributed by atoms with Crippen molar-refractivity contribution in [2.24, 2.45) is 22.7 Å². The van der Waals surface area contributed by atoms with Crippen molar-refractivity contribution < 1.29 is 23.8 Å². The quantitative estimate of drug-likeness (QED) is 0.276. The van der Waals surface area contributed by atoms with Crippen molar-refractivity contribution in [3.63, 3.8) is 0 Å². The fourth-order valence-electron chi connectivity index (χ4n) is 7.23. The summed E-state index contributed by atoms with van der Waals surface area (Å²) in [4.78, 5) is 29.2. The fraction of sp³-hybridized carbons (Fsp3) is 0.719. The van der Waals surface area contributed by atoms with Crippen LogP contribution in [0.3, 0.4) is 0 Å². The molecule has 4 aliphatic rings. The third-order valence-corrected chi connectivity index (χ3v) is 9.38. The number of methoxy groups -OCH3 is 1. The molecule has 3 aliphatic heterocycles. The number of hydrogen-bond acceptors (Lipinski definition) is 6. The minimum Gasteiger partial charge on any atom is -0.478 e. The number of aryl methyl sites for hydroxylation is 1. The van der Waals surface area contributed by atoms with Gasteiger partial charge >= 0.3 is 5.97 Å². The highest BCUT2D eigenvalue weighted by Gasteiger charge is 2.53. The van der Waals surface area contributed by atoms with Crippen LogP contribution >= 0.6 is 0 Å². The first-order valence-electron chi connectivity index (χ1n) is 15.4. The zero-order valence-corrected chi connectivity index (χ0v) is 23.6. The van der Waals surface area contributed by atoms with Gasteiger partial charge in [0.05, 0.1) is 25.2 Å². The van der Waals surface area contributed by atoms with Crippen molar-refractivity contribution in [3.05, 3.63) is 35.4 Å². The predicted molar refractivity (Wildman–Crippen MR) is 151 cm³/mol. The maximum atomic E-state index is 12.9. The molecule has 0 aromatic heterocycles. The fourth-order valence-corrected chi connectivity index (χ4v) is 7.23. The predicted octanol–water partition coefficient (Wildman–Crippen LogP) is 5.18. The molecule has 1 aromatic carbocycles. The van der Waals surface area contributed by atoms with Gasteiger partial charge in [0.15, 0.2) is 11.9 Å². The number of esters is 1. The Labute approximate surface area is 233 Å². The molecular formula is C32H46N2O5. The van der Waals surface area contributed by atoms with Gasteiger partial charge in [-0.1, -0.05) is 69.2 Å². The molecule has 1 N–H and O–H groups in total. The van der Waals surface area contributed by atoms with Gasteiger partial charge in [0.1, 0.15) is 6.61 Å². The summed E-state index contributed by atoms with van der Waals surface area (Å²) in [7, 11) is 1.44. The SMILES string of the molecule is COC(=O)CCCc1ccccc1C[C@@H]1[C@H](C2=NC(C(=O)NCCCCC3CCCCC3)CO2)[C@H]2CC[C@@H]1O2. The Balaban J connectivity index is 1.14. The molecule has 1 saturated carbocycles. The smallest absolute Gasteiger partial charge is 0.305 e. The van der Waals surface area contributed by atoms with Gasteiger partial charge in [-0.3, -0.25) is 9.59 Å². The number of unbranched alkanes of at least 4 members (excludes halogenated alkanes) is 1. The van der Waals surface area contributed by atoms with Crippen molar-refractivity contribution >= 4 is 17.8 Å². The normalized spacial score (nSPS) is 28.2. The maximum absolute atomic E-state index is 12.9. The molecule has 7 heteroatoms. The summed E-state index contributed by atoms with van der Waals surface area (Å²) in [5.74, 6) is 1.81. The summed E-state index contributed by atoms with van der Waals surface area (Å²) in [5.41, 5.74) is 2.58. The van der Waals surface area contributed by atoms with Gasteiger partial charge in [0.25, 0.3) is 0 Å². The van der Waals surface area contributed by atoms with E-state index in [1.165, 1.54) is 63.2 Å². The zero-order chi connectivity index (χ0) is 27.0. The van der Waals surface area contributed by atoms with Crippen LogP contribution in [0.1, 0.15) is 88.2 Å². The van der Waals surface area contributed by atoms with E-state index in [1.807, 2.05) is 0 Å². The number of fused-ring (bicyclic) bond motifs is 2. The summed E-state index contributed by atoms with van der Waals surface area (Å²) < 4.78 is 17.3. The molecule has 1 aromatic rings. The van der Waals surface area contributed by atoms with Crippen LogP contribution in [0.2, 0.25) is 0 Å². The third-order valence-electron chi connectivity index (χ3n) is 9.38. The van der Waals surface area contributed by atoms with Crippen molar-refractivity contribution in [1.29, 1.82) is 0 Å². The molecule has 1 amide bonds. The minimum atomic E-state index is -0.455. The number of rotatable bonds is 13. The standard InChI is InChI=1S/C32H46N2O5/c1-37-29(35)16-9-15-23-13-5-6-14-24(23)20-25-27-17-18-28(39-27)30(25)32-34-26(21-38-32)31(36)33-19-8-7-12-22-10-3-2-4-11-22/h5-6,13-14,22,25-28,30H,2-4,7-12,15-21H2,1H3,(H,33,36)/t25-,26?,27-,28+,30-/m0/s1. The third kappa shape index (κ3) is 7.22. The molecule has 214 valence electrons. The van der Waals surface area contributed by atoms with Crippen LogP contribution in [0, 0.1) is 17.8 Å². The minimum absolute atomic E-state index is 0.0146. The maximum Gasteiger partial charge on any atom is 0.305 e. The molecule has 5 rings (SSSR count). The van der Waals surface area contributed by atoms with E-state index >= 15 is 0 Å². The van der Waals surface area contributed by atoms with Crippen molar-refractivity contribution in [1.82, 2.24) is 5.32 Å². The number of nitrogens with one attached hydrogen (secondary N) is 1. The molecule has 1 aliphatic carbocycles. The van der Waals surface area contributed by atoms with Crippen LogP contribution in [0.5, 0.6) is 0 Å². The first kappa shape index (κ1) is 28.1. The Morgan fingerprint density at radius 2 is 1.79 bits per heavy atom.